The van der Waals surface area contributed by atoms with Crippen molar-refractivity contribution in [1.82, 2.24) is 19.6 Å². The molecule has 2 fully saturated rings. The number of fused-ring (bicyclic) bond motifs is 3. The van der Waals surface area contributed by atoms with Gasteiger partial charge >= 0.3 is 0 Å². The van der Waals surface area contributed by atoms with Crippen molar-refractivity contribution in [3.63, 3.8) is 0 Å². The van der Waals surface area contributed by atoms with Gasteiger partial charge in [-0.05, 0) is 60.9 Å². The summed E-state index contributed by atoms with van der Waals surface area (Å²) in [6, 6.07) is 23.1. The highest BCUT2D eigenvalue weighted by Crippen LogP contribution is 2.57. The minimum Gasteiger partial charge on any atom is -0.389 e. The van der Waals surface area contributed by atoms with E-state index >= 15 is 0 Å². The second-order valence-corrected chi connectivity index (χ2v) is 10.5. The van der Waals surface area contributed by atoms with Crippen LogP contribution in [-0.2, 0) is 5.54 Å². The van der Waals surface area contributed by atoms with Gasteiger partial charge in [0, 0.05) is 16.7 Å². The van der Waals surface area contributed by atoms with Crippen molar-refractivity contribution in [2.45, 2.75) is 43.2 Å². The summed E-state index contributed by atoms with van der Waals surface area (Å²) in [7, 11) is 0. The van der Waals surface area contributed by atoms with Crippen molar-refractivity contribution in [3.05, 3.63) is 84.2 Å². The number of alkyl halides is 2. The third-order valence-corrected chi connectivity index (χ3v) is 7.97. The lowest BCUT2D eigenvalue weighted by atomic mass is 9.60. The van der Waals surface area contributed by atoms with Crippen molar-refractivity contribution < 1.29 is 13.9 Å². The lowest BCUT2D eigenvalue weighted by Gasteiger charge is -2.52. The molecule has 2 aliphatic rings. The fourth-order valence-corrected chi connectivity index (χ4v) is 5.95. The lowest BCUT2D eigenvalue weighted by molar-refractivity contribution is -0.106. The molecule has 3 heterocycles. The smallest absolute Gasteiger partial charge is 0.297 e. The molecule has 8 heteroatoms. The molecule has 5 aromatic rings. The van der Waals surface area contributed by atoms with Gasteiger partial charge < -0.3 is 10.8 Å². The SMILES string of the molecule is N[C@]1(c2ccc(-c3nc4ccc5nnc(C(F)F)n5c4cc3-c3ccccc3)cc2)C[C@](O)(C2CC2)C1. The van der Waals surface area contributed by atoms with E-state index in [0.717, 1.165) is 40.8 Å². The fourth-order valence-electron chi connectivity index (χ4n) is 5.95. The quantitative estimate of drug-likeness (QED) is 0.328. The van der Waals surface area contributed by atoms with Gasteiger partial charge in [0.15, 0.2) is 5.65 Å². The van der Waals surface area contributed by atoms with Crippen LogP contribution in [0.4, 0.5) is 8.78 Å². The molecule has 0 atom stereocenters. The van der Waals surface area contributed by atoms with E-state index in [1.54, 1.807) is 12.1 Å². The number of halogens is 2. The van der Waals surface area contributed by atoms with E-state index in [4.69, 9.17) is 10.7 Å². The Kier molecular flexibility index (Phi) is 4.78. The van der Waals surface area contributed by atoms with Gasteiger partial charge in [0.2, 0.25) is 5.82 Å². The van der Waals surface area contributed by atoms with Crippen LogP contribution >= 0.6 is 0 Å². The van der Waals surface area contributed by atoms with Crippen molar-refractivity contribution in [2.24, 2.45) is 11.7 Å². The third-order valence-electron chi connectivity index (χ3n) is 7.97. The Morgan fingerprint density at radius 2 is 1.65 bits per heavy atom. The Hall–Kier alpha value is -3.75. The number of hydrogen-bond acceptors (Lipinski definition) is 5. The average molecular weight is 498 g/mol. The predicted octanol–water partition coefficient (Wildman–Crippen LogP) is 5.64. The summed E-state index contributed by atoms with van der Waals surface area (Å²) >= 11 is 0. The van der Waals surface area contributed by atoms with Crippen LogP contribution in [0, 0.1) is 5.92 Å². The van der Waals surface area contributed by atoms with Gasteiger partial charge in [-0.25, -0.2) is 13.8 Å². The Morgan fingerprint density at radius 3 is 2.32 bits per heavy atom. The Bertz CT molecular complexity index is 1640. The summed E-state index contributed by atoms with van der Waals surface area (Å²) in [6.07, 6.45) is 0.563. The molecule has 7 rings (SSSR count). The number of benzene rings is 2. The summed E-state index contributed by atoms with van der Waals surface area (Å²) < 4.78 is 28.8. The molecule has 6 nitrogen and oxygen atoms in total. The van der Waals surface area contributed by atoms with E-state index in [1.165, 1.54) is 4.40 Å². The zero-order chi connectivity index (χ0) is 25.4. The summed E-state index contributed by atoms with van der Waals surface area (Å²) in [5.74, 6) is -0.0140. The monoisotopic (exact) mass is 497 g/mol. The maximum Gasteiger partial charge on any atom is 0.297 e. The number of pyridine rings is 2. The average Bonchev–Trinajstić information content (AvgIpc) is 3.66. The van der Waals surface area contributed by atoms with Crippen molar-refractivity contribution in [3.8, 4) is 22.4 Å². The van der Waals surface area contributed by atoms with Crippen LogP contribution in [-0.4, -0.2) is 30.3 Å². The van der Waals surface area contributed by atoms with Gasteiger partial charge in [0.25, 0.3) is 6.43 Å². The zero-order valence-electron chi connectivity index (χ0n) is 20.0. The maximum absolute atomic E-state index is 13.7. The molecular formula is C29H25F2N5O. The van der Waals surface area contributed by atoms with Crippen LogP contribution < -0.4 is 5.73 Å². The normalized spacial score (nSPS) is 23.6. The fraction of sp³-hybridized carbons (Fsp3) is 0.276. The molecule has 0 unspecified atom stereocenters. The lowest BCUT2D eigenvalue weighted by Crippen LogP contribution is -2.60. The number of aromatic nitrogens is 4. The second kappa shape index (κ2) is 7.87. The molecule has 0 amide bonds. The number of nitrogens with two attached hydrogens (primary N) is 1. The van der Waals surface area contributed by atoms with Crippen LogP contribution in [0.5, 0.6) is 0 Å². The van der Waals surface area contributed by atoms with E-state index in [2.05, 4.69) is 10.2 Å². The highest BCUT2D eigenvalue weighted by molar-refractivity contribution is 5.91. The highest BCUT2D eigenvalue weighted by Gasteiger charge is 2.58. The summed E-state index contributed by atoms with van der Waals surface area (Å²) in [5, 5.41) is 18.4. The molecule has 186 valence electrons. The standard InChI is InChI=1S/C29H25F2N5O/c30-26(31)27-35-34-24-13-12-22-23(36(24)27)14-21(17-4-2-1-3-5-17)25(33-22)18-6-8-19(9-7-18)28(32)15-29(37,16-28)20-10-11-20/h1-9,12-14,20,26,37H,10-11,15-16,32H2/t28-,29-. The largest absolute Gasteiger partial charge is 0.389 e. The first kappa shape index (κ1) is 22.4. The van der Waals surface area contributed by atoms with Crippen molar-refractivity contribution in [2.75, 3.05) is 0 Å². The van der Waals surface area contributed by atoms with E-state index in [0.29, 0.717) is 35.4 Å². The van der Waals surface area contributed by atoms with Crippen molar-refractivity contribution >= 4 is 16.7 Å². The first-order valence-electron chi connectivity index (χ1n) is 12.5. The number of nitrogens with zero attached hydrogens (tertiary/aromatic N) is 4. The van der Waals surface area contributed by atoms with Crippen molar-refractivity contribution in [1.29, 1.82) is 0 Å². The minimum absolute atomic E-state index is 0.348. The molecule has 3 N–H and O–H groups in total. The molecule has 0 bridgehead atoms. The van der Waals surface area contributed by atoms with Crippen LogP contribution in [0.2, 0.25) is 0 Å². The van der Waals surface area contributed by atoms with E-state index < -0.39 is 23.4 Å². The molecule has 2 saturated carbocycles. The van der Waals surface area contributed by atoms with Crippen LogP contribution in [0.1, 0.15) is 43.5 Å². The Balaban J connectivity index is 1.35. The Morgan fingerprint density at radius 1 is 0.919 bits per heavy atom. The van der Waals surface area contributed by atoms with E-state index in [-0.39, 0.29) is 0 Å². The van der Waals surface area contributed by atoms with Gasteiger partial charge in [-0.15, -0.1) is 10.2 Å². The molecule has 0 saturated heterocycles. The van der Waals surface area contributed by atoms with Gasteiger partial charge in [-0.1, -0.05) is 54.6 Å². The Labute approximate surface area is 211 Å². The number of rotatable bonds is 5. The van der Waals surface area contributed by atoms with Crippen LogP contribution in [0.15, 0.2) is 72.8 Å². The van der Waals surface area contributed by atoms with Gasteiger partial charge in [0.05, 0.1) is 22.3 Å². The van der Waals surface area contributed by atoms with E-state index in [9.17, 15) is 13.9 Å². The van der Waals surface area contributed by atoms with Gasteiger partial charge in [0.1, 0.15) is 0 Å². The topological polar surface area (TPSA) is 89.3 Å². The predicted molar refractivity (Wildman–Crippen MR) is 137 cm³/mol. The molecule has 37 heavy (non-hydrogen) atoms. The zero-order valence-corrected chi connectivity index (χ0v) is 20.0. The number of aliphatic hydroxyl groups is 1. The molecule has 2 aromatic carbocycles. The molecular weight excluding hydrogens is 472 g/mol. The van der Waals surface area contributed by atoms with Gasteiger partial charge in [-0.3, -0.25) is 4.40 Å². The first-order chi connectivity index (χ1) is 17.8. The molecule has 3 aromatic heterocycles. The second-order valence-electron chi connectivity index (χ2n) is 10.5. The van der Waals surface area contributed by atoms with Gasteiger partial charge in [-0.2, -0.15) is 0 Å². The third kappa shape index (κ3) is 3.54. The summed E-state index contributed by atoms with van der Waals surface area (Å²) in [5.41, 5.74) is 11.3. The molecule has 2 aliphatic carbocycles. The summed E-state index contributed by atoms with van der Waals surface area (Å²) in [4.78, 5) is 4.94. The van der Waals surface area contributed by atoms with Crippen LogP contribution in [0.25, 0.3) is 39.1 Å². The van der Waals surface area contributed by atoms with E-state index in [1.807, 2.05) is 60.7 Å². The highest BCUT2D eigenvalue weighted by atomic mass is 19.3. The molecule has 0 radical (unpaired) electrons. The maximum atomic E-state index is 13.7. The molecule has 0 spiro atoms. The van der Waals surface area contributed by atoms with Crippen LogP contribution in [0.3, 0.4) is 0 Å². The molecule has 0 aliphatic heterocycles. The number of hydrogen-bond donors (Lipinski definition) is 2. The minimum atomic E-state index is -2.76. The first-order valence-corrected chi connectivity index (χ1v) is 12.5. The summed E-state index contributed by atoms with van der Waals surface area (Å²) in [6.45, 7) is 0.